The Hall–Kier alpha value is -3.78. The predicted octanol–water partition coefficient (Wildman–Crippen LogP) is 3.43. The number of rotatable bonds is 4. The lowest BCUT2D eigenvalue weighted by molar-refractivity contribution is -0.140. The van der Waals surface area contributed by atoms with Crippen molar-refractivity contribution in [3.63, 3.8) is 0 Å². The summed E-state index contributed by atoms with van der Waals surface area (Å²) in [5.41, 5.74) is 2.90. The second-order valence-electron chi connectivity index (χ2n) is 7.35. The molecular weight excluding hydrogens is 414 g/mol. The minimum Gasteiger partial charge on any atom is -0.480 e. The van der Waals surface area contributed by atoms with Crippen LogP contribution in [0.4, 0.5) is 5.69 Å². The first-order chi connectivity index (χ1) is 14.8. The van der Waals surface area contributed by atoms with Crippen LogP contribution < -0.4 is 10.2 Å². The fourth-order valence-electron chi connectivity index (χ4n) is 3.55. The third-order valence-corrected chi connectivity index (χ3v) is 5.48. The van der Waals surface area contributed by atoms with Crippen LogP contribution in [0.2, 0.25) is 0 Å². The third kappa shape index (κ3) is 3.73. The molecule has 2 aromatic carbocycles. The molecular formula is C23H19N3O4S. The number of carboxylic acids is 1. The number of hydrogen-bond acceptors (Lipinski definition) is 4. The van der Waals surface area contributed by atoms with Crippen molar-refractivity contribution in [3.8, 4) is 0 Å². The lowest BCUT2D eigenvalue weighted by Crippen LogP contribution is -2.54. The van der Waals surface area contributed by atoms with E-state index in [1.165, 1.54) is 11.0 Å². The summed E-state index contributed by atoms with van der Waals surface area (Å²) in [5, 5.41) is 12.7. The summed E-state index contributed by atoms with van der Waals surface area (Å²) in [6.45, 7) is 3.51. The van der Waals surface area contributed by atoms with Gasteiger partial charge in [-0.2, -0.15) is 0 Å². The normalized spacial score (nSPS) is 16.6. The van der Waals surface area contributed by atoms with Crippen LogP contribution in [0.1, 0.15) is 24.1 Å². The van der Waals surface area contributed by atoms with E-state index in [0.29, 0.717) is 11.3 Å². The minimum atomic E-state index is -0.930. The Bertz CT molecular complexity index is 1290. The summed E-state index contributed by atoms with van der Waals surface area (Å²) in [6, 6.07) is 13.7. The fourth-order valence-corrected chi connectivity index (χ4v) is 3.84. The van der Waals surface area contributed by atoms with E-state index in [4.69, 9.17) is 12.2 Å². The number of nitrogens with zero attached hydrogens (tertiary/aromatic N) is 2. The molecule has 0 unspecified atom stereocenters. The van der Waals surface area contributed by atoms with E-state index in [9.17, 15) is 19.5 Å². The summed E-state index contributed by atoms with van der Waals surface area (Å²) >= 11 is 5.23. The first-order valence-electron chi connectivity index (χ1n) is 9.58. The Morgan fingerprint density at radius 2 is 1.94 bits per heavy atom. The quantitative estimate of drug-likeness (QED) is 0.374. The number of aryl methyl sites for hydroxylation is 1. The summed E-state index contributed by atoms with van der Waals surface area (Å²) in [7, 11) is 0. The van der Waals surface area contributed by atoms with Gasteiger partial charge in [0, 0.05) is 17.1 Å². The molecule has 1 aliphatic rings. The van der Waals surface area contributed by atoms with Crippen LogP contribution in [0.5, 0.6) is 0 Å². The van der Waals surface area contributed by atoms with Crippen LogP contribution in [0, 0.1) is 6.92 Å². The highest BCUT2D eigenvalue weighted by molar-refractivity contribution is 7.80. The first-order valence-corrected chi connectivity index (χ1v) is 9.98. The van der Waals surface area contributed by atoms with Gasteiger partial charge in [0.25, 0.3) is 11.8 Å². The standard InChI is InChI=1S/C23H19N3O4S/c1-13-4-3-5-17(10-13)26-21(28)18(20(27)24-23(26)31)12-15-6-7-19-16(11-15)8-9-25(19)14(2)22(29)30/h3-12,14H,1-2H3,(H,29,30)(H,24,27,31)/b18-12+/t14-/m0/s1. The van der Waals surface area contributed by atoms with Gasteiger partial charge >= 0.3 is 5.97 Å². The van der Waals surface area contributed by atoms with Crippen molar-refractivity contribution in [3.05, 3.63) is 71.4 Å². The molecule has 1 fully saturated rings. The molecule has 31 heavy (non-hydrogen) atoms. The van der Waals surface area contributed by atoms with Gasteiger partial charge in [0.2, 0.25) is 0 Å². The molecule has 1 saturated heterocycles. The topological polar surface area (TPSA) is 91.6 Å². The molecule has 0 spiro atoms. The van der Waals surface area contributed by atoms with Crippen LogP contribution in [0.25, 0.3) is 17.0 Å². The zero-order valence-corrected chi connectivity index (χ0v) is 17.6. The monoisotopic (exact) mass is 433 g/mol. The lowest BCUT2D eigenvalue weighted by Gasteiger charge is -2.29. The van der Waals surface area contributed by atoms with Gasteiger partial charge in [0.15, 0.2) is 5.11 Å². The summed E-state index contributed by atoms with van der Waals surface area (Å²) in [5.74, 6) is -1.99. The van der Waals surface area contributed by atoms with Crippen LogP contribution in [-0.4, -0.2) is 32.6 Å². The SMILES string of the molecule is Cc1cccc(N2C(=O)/C(=C/c3ccc4c(ccn4[C@@H](C)C(=O)O)c3)C(=O)NC2=S)c1. The average Bonchev–Trinajstić information content (AvgIpc) is 3.13. The predicted molar refractivity (Wildman–Crippen MR) is 122 cm³/mol. The maximum Gasteiger partial charge on any atom is 0.326 e. The molecule has 7 nitrogen and oxygen atoms in total. The molecule has 0 radical (unpaired) electrons. The molecule has 1 aliphatic heterocycles. The van der Waals surface area contributed by atoms with Crippen molar-refractivity contribution >= 4 is 57.8 Å². The number of fused-ring (bicyclic) bond motifs is 1. The largest absolute Gasteiger partial charge is 0.480 e. The fraction of sp³-hybridized carbons (Fsp3) is 0.130. The highest BCUT2D eigenvalue weighted by Gasteiger charge is 2.34. The van der Waals surface area contributed by atoms with Crippen LogP contribution >= 0.6 is 12.2 Å². The molecule has 3 aromatic rings. The molecule has 2 amide bonds. The van der Waals surface area contributed by atoms with E-state index in [1.807, 2.05) is 25.1 Å². The summed E-state index contributed by atoms with van der Waals surface area (Å²) in [6.07, 6.45) is 3.22. The molecule has 0 saturated carbocycles. The summed E-state index contributed by atoms with van der Waals surface area (Å²) in [4.78, 5) is 38.3. The van der Waals surface area contributed by atoms with Crippen molar-refractivity contribution in [2.75, 3.05) is 4.90 Å². The number of carbonyl (C=O) groups excluding carboxylic acids is 2. The van der Waals surface area contributed by atoms with Crippen molar-refractivity contribution in [2.45, 2.75) is 19.9 Å². The Morgan fingerprint density at radius 3 is 2.65 bits per heavy atom. The van der Waals surface area contributed by atoms with Gasteiger partial charge in [-0.1, -0.05) is 18.2 Å². The van der Waals surface area contributed by atoms with Crippen LogP contribution in [0.3, 0.4) is 0 Å². The lowest BCUT2D eigenvalue weighted by atomic mass is 10.1. The maximum absolute atomic E-state index is 13.1. The molecule has 8 heteroatoms. The second-order valence-corrected chi connectivity index (χ2v) is 7.74. The third-order valence-electron chi connectivity index (χ3n) is 5.19. The van der Waals surface area contributed by atoms with Gasteiger partial charge in [-0.15, -0.1) is 0 Å². The van der Waals surface area contributed by atoms with Gasteiger partial charge in [-0.25, -0.2) is 4.79 Å². The highest BCUT2D eigenvalue weighted by atomic mass is 32.1. The van der Waals surface area contributed by atoms with E-state index in [2.05, 4.69) is 5.32 Å². The molecule has 1 atom stereocenters. The van der Waals surface area contributed by atoms with Gasteiger partial charge in [0.05, 0.1) is 5.69 Å². The maximum atomic E-state index is 13.1. The number of hydrogen-bond donors (Lipinski definition) is 2. The first kappa shape index (κ1) is 20.5. The van der Waals surface area contributed by atoms with E-state index in [0.717, 1.165) is 16.5 Å². The van der Waals surface area contributed by atoms with E-state index in [-0.39, 0.29) is 10.7 Å². The van der Waals surface area contributed by atoms with E-state index in [1.54, 1.807) is 48.0 Å². The summed E-state index contributed by atoms with van der Waals surface area (Å²) < 4.78 is 1.66. The molecule has 156 valence electrons. The smallest absolute Gasteiger partial charge is 0.326 e. The number of thiocarbonyl (C=S) groups is 1. The van der Waals surface area contributed by atoms with Gasteiger partial charge in [-0.3, -0.25) is 19.8 Å². The Morgan fingerprint density at radius 1 is 1.16 bits per heavy atom. The molecule has 2 heterocycles. The number of benzene rings is 2. The van der Waals surface area contributed by atoms with Crippen LogP contribution in [-0.2, 0) is 14.4 Å². The van der Waals surface area contributed by atoms with Gasteiger partial charge in [0.1, 0.15) is 11.6 Å². The Labute approximate surface area is 183 Å². The van der Waals surface area contributed by atoms with Gasteiger partial charge in [-0.05, 0) is 73.6 Å². The number of carboxylic acid groups (broad SMARTS) is 1. The van der Waals surface area contributed by atoms with Crippen molar-refractivity contribution in [1.82, 2.24) is 9.88 Å². The zero-order valence-electron chi connectivity index (χ0n) is 16.8. The van der Waals surface area contributed by atoms with Gasteiger partial charge < -0.3 is 9.67 Å². The van der Waals surface area contributed by atoms with Crippen molar-refractivity contribution < 1.29 is 19.5 Å². The number of anilines is 1. The van der Waals surface area contributed by atoms with E-state index < -0.39 is 23.8 Å². The van der Waals surface area contributed by atoms with Crippen molar-refractivity contribution in [1.29, 1.82) is 0 Å². The zero-order chi connectivity index (χ0) is 22.3. The highest BCUT2D eigenvalue weighted by Crippen LogP contribution is 2.25. The number of aromatic nitrogens is 1. The molecule has 2 N–H and O–H groups in total. The number of aliphatic carboxylic acids is 1. The number of nitrogens with one attached hydrogen (secondary N) is 1. The van der Waals surface area contributed by atoms with Crippen LogP contribution in [0.15, 0.2) is 60.3 Å². The van der Waals surface area contributed by atoms with E-state index >= 15 is 0 Å². The average molecular weight is 433 g/mol. The second kappa shape index (κ2) is 7.81. The minimum absolute atomic E-state index is 0.0345. The number of carbonyl (C=O) groups is 3. The molecule has 0 bridgehead atoms. The van der Waals surface area contributed by atoms with Crippen molar-refractivity contribution in [2.24, 2.45) is 0 Å². The Balaban J connectivity index is 1.72. The Kier molecular flexibility index (Phi) is 5.16. The molecule has 0 aliphatic carbocycles. The number of amides is 2. The molecule has 1 aromatic heterocycles. The molecule has 4 rings (SSSR count).